The lowest BCUT2D eigenvalue weighted by atomic mass is 9.89. The molecular formula is C21H23N3OS. The molecule has 4 rings (SSSR count). The fraction of sp³-hybridized carbons (Fsp3) is 0.333. The minimum absolute atomic E-state index is 0.0267. The molecule has 5 heteroatoms. The Hall–Kier alpha value is -2.40. The van der Waals surface area contributed by atoms with Crippen molar-refractivity contribution >= 4 is 17.2 Å². The maximum atomic E-state index is 12.9. The van der Waals surface area contributed by atoms with E-state index in [4.69, 9.17) is 5.10 Å². The van der Waals surface area contributed by atoms with Gasteiger partial charge in [-0.05, 0) is 42.3 Å². The molecule has 1 aliphatic carbocycles. The second kappa shape index (κ2) is 7.87. The molecule has 1 N–H and O–H groups in total. The molecule has 3 aromatic rings. The lowest BCUT2D eigenvalue weighted by Crippen LogP contribution is -2.30. The Kier molecular flexibility index (Phi) is 5.16. The molecule has 0 spiro atoms. The number of rotatable bonds is 5. The number of hydrogen-bond acceptors (Lipinski definition) is 3. The average Bonchev–Trinajstić information content (AvgIpc) is 3.37. The SMILES string of the molecule is O=C(NCC1CCCCC1)c1cn(-c2ccccc2)nc1-c1cccs1. The van der Waals surface area contributed by atoms with E-state index in [0.29, 0.717) is 11.5 Å². The van der Waals surface area contributed by atoms with E-state index in [1.54, 1.807) is 16.0 Å². The molecule has 1 aliphatic rings. The quantitative estimate of drug-likeness (QED) is 0.698. The van der Waals surface area contributed by atoms with Gasteiger partial charge in [0.2, 0.25) is 0 Å². The zero-order valence-corrected chi connectivity index (χ0v) is 15.5. The van der Waals surface area contributed by atoms with Crippen LogP contribution in [0.25, 0.3) is 16.3 Å². The van der Waals surface area contributed by atoms with Crippen LogP contribution in [0.3, 0.4) is 0 Å². The van der Waals surface area contributed by atoms with Gasteiger partial charge in [0.15, 0.2) is 0 Å². The topological polar surface area (TPSA) is 46.9 Å². The average molecular weight is 366 g/mol. The van der Waals surface area contributed by atoms with Crippen molar-refractivity contribution in [2.75, 3.05) is 6.54 Å². The van der Waals surface area contributed by atoms with E-state index >= 15 is 0 Å². The summed E-state index contributed by atoms with van der Waals surface area (Å²) in [5, 5.41) is 9.87. The van der Waals surface area contributed by atoms with Crippen LogP contribution >= 0.6 is 11.3 Å². The lowest BCUT2D eigenvalue weighted by molar-refractivity contribution is 0.0944. The summed E-state index contributed by atoms with van der Waals surface area (Å²) in [6.07, 6.45) is 8.19. The van der Waals surface area contributed by atoms with Crippen molar-refractivity contribution in [1.82, 2.24) is 15.1 Å². The Bertz CT molecular complexity index is 849. The van der Waals surface area contributed by atoms with Crippen LogP contribution in [-0.2, 0) is 0 Å². The highest BCUT2D eigenvalue weighted by Gasteiger charge is 2.21. The fourth-order valence-electron chi connectivity index (χ4n) is 3.57. The minimum Gasteiger partial charge on any atom is -0.352 e. The summed E-state index contributed by atoms with van der Waals surface area (Å²) in [6, 6.07) is 13.9. The van der Waals surface area contributed by atoms with Crippen molar-refractivity contribution in [3.05, 3.63) is 59.6 Å². The van der Waals surface area contributed by atoms with E-state index in [-0.39, 0.29) is 5.91 Å². The number of para-hydroxylation sites is 1. The first-order valence-corrected chi connectivity index (χ1v) is 10.2. The number of carbonyl (C=O) groups excluding carboxylic acids is 1. The summed E-state index contributed by atoms with van der Waals surface area (Å²) in [5.74, 6) is 0.586. The zero-order chi connectivity index (χ0) is 17.8. The highest BCUT2D eigenvalue weighted by molar-refractivity contribution is 7.13. The Morgan fingerprint density at radius 1 is 1.12 bits per heavy atom. The summed E-state index contributed by atoms with van der Waals surface area (Å²) < 4.78 is 1.80. The smallest absolute Gasteiger partial charge is 0.255 e. The molecule has 0 saturated heterocycles. The maximum absolute atomic E-state index is 12.9. The molecule has 26 heavy (non-hydrogen) atoms. The summed E-state index contributed by atoms with van der Waals surface area (Å²) >= 11 is 1.61. The van der Waals surface area contributed by atoms with Gasteiger partial charge in [-0.15, -0.1) is 11.3 Å². The van der Waals surface area contributed by atoms with Gasteiger partial charge in [-0.3, -0.25) is 4.79 Å². The first-order valence-electron chi connectivity index (χ1n) is 9.28. The molecule has 0 bridgehead atoms. The maximum Gasteiger partial charge on any atom is 0.255 e. The molecule has 1 amide bonds. The predicted octanol–water partition coefficient (Wildman–Crippen LogP) is 4.91. The van der Waals surface area contributed by atoms with Crippen LogP contribution in [0.2, 0.25) is 0 Å². The van der Waals surface area contributed by atoms with Gasteiger partial charge in [0, 0.05) is 12.7 Å². The van der Waals surface area contributed by atoms with Crippen LogP contribution in [0.15, 0.2) is 54.0 Å². The van der Waals surface area contributed by atoms with Crippen LogP contribution in [0, 0.1) is 5.92 Å². The number of hydrogen-bond donors (Lipinski definition) is 1. The molecule has 0 atom stereocenters. The van der Waals surface area contributed by atoms with Gasteiger partial charge >= 0.3 is 0 Å². The summed E-state index contributed by atoms with van der Waals surface area (Å²) in [7, 11) is 0. The lowest BCUT2D eigenvalue weighted by Gasteiger charge is -2.21. The molecule has 2 aromatic heterocycles. The third-order valence-electron chi connectivity index (χ3n) is 5.01. The third kappa shape index (κ3) is 3.73. The predicted molar refractivity (Wildman–Crippen MR) is 106 cm³/mol. The summed E-state index contributed by atoms with van der Waals surface area (Å²) in [5.41, 5.74) is 2.36. The Balaban J connectivity index is 1.59. The molecule has 1 saturated carbocycles. The van der Waals surface area contributed by atoms with Crippen molar-refractivity contribution in [1.29, 1.82) is 0 Å². The van der Waals surface area contributed by atoms with E-state index in [2.05, 4.69) is 5.32 Å². The standard InChI is InChI=1S/C21H23N3OS/c25-21(22-14-16-8-3-1-4-9-16)18-15-24(17-10-5-2-6-11-17)23-20(18)19-12-7-13-26-19/h2,5-7,10-13,15-16H,1,3-4,8-9,14H2,(H,22,25). The van der Waals surface area contributed by atoms with E-state index in [1.165, 1.54) is 32.1 Å². The van der Waals surface area contributed by atoms with Crippen molar-refractivity contribution in [3.8, 4) is 16.3 Å². The number of nitrogens with one attached hydrogen (secondary N) is 1. The molecule has 4 nitrogen and oxygen atoms in total. The second-order valence-electron chi connectivity index (χ2n) is 6.86. The van der Waals surface area contributed by atoms with Crippen LogP contribution in [0.1, 0.15) is 42.5 Å². The number of amides is 1. The van der Waals surface area contributed by atoms with Crippen molar-refractivity contribution in [3.63, 3.8) is 0 Å². The molecule has 1 fully saturated rings. The van der Waals surface area contributed by atoms with E-state index in [9.17, 15) is 4.79 Å². The third-order valence-corrected chi connectivity index (χ3v) is 5.89. The van der Waals surface area contributed by atoms with Crippen molar-refractivity contribution < 1.29 is 4.79 Å². The van der Waals surface area contributed by atoms with Gasteiger partial charge in [-0.2, -0.15) is 5.10 Å². The van der Waals surface area contributed by atoms with Crippen LogP contribution in [0.5, 0.6) is 0 Å². The Morgan fingerprint density at radius 2 is 1.92 bits per heavy atom. The summed E-state index contributed by atoms with van der Waals surface area (Å²) in [6.45, 7) is 0.763. The molecule has 2 heterocycles. The Labute approximate surface area is 157 Å². The van der Waals surface area contributed by atoms with Crippen molar-refractivity contribution in [2.24, 2.45) is 5.92 Å². The van der Waals surface area contributed by atoms with Gasteiger partial charge in [0.05, 0.1) is 16.1 Å². The second-order valence-corrected chi connectivity index (χ2v) is 7.81. The molecule has 134 valence electrons. The molecule has 0 aliphatic heterocycles. The molecule has 0 unspecified atom stereocenters. The highest BCUT2D eigenvalue weighted by Crippen LogP contribution is 2.28. The number of benzene rings is 1. The van der Waals surface area contributed by atoms with Gasteiger partial charge < -0.3 is 5.32 Å². The van der Waals surface area contributed by atoms with Gasteiger partial charge in [0.25, 0.3) is 5.91 Å². The highest BCUT2D eigenvalue weighted by atomic mass is 32.1. The van der Waals surface area contributed by atoms with Gasteiger partial charge in [-0.1, -0.05) is 43.5 Å². The first kappa shape index (κ1) is 17.0. The fourth-order valence-corrected chi connectivity index (χ4v) is 4.30. The number of thiophene rings is 1. The first-order chi connectivity index (χ1) is 12.8. The van der Waals surface area contributed by atoms with E-state index in [1.807, 2.05) is 54.0 Å². The minimum atomic E-state index is -0.0267. The molecule has 0 radical (unpaired) electrons. The number of carbonyl (C=O) groups is 1. The van der Waals surface area contributed by atoms with Crippen LogP contribution < -0.4 is 5.32 Å². The van der Waals surface area contributed by atoms with Crippen LogP contribution in [0.4, 0.5) is 0 Å². The zero-order valence-electron chi connectivity index (χ0n) is 14.7. The largest absolute Gasteiger partial charge is 0.352 e. The van der Waals surface area contributed by atoms with Crippen LogP contribution in [-0.4, -0.2) is 22.2 Å². The van der Waals surface area contributed by atoms with Gasteiger partial charge in [-0.25, -0.2) is 4.68 Å². The molecule has 1 aromatic carbocycles. The van der Waals surface area contributed by atoms with Gasteiger partial charge in [0.1, 0.15) is 5.69 Å². The monoisotopic (exact) mass is 365 g/mol. The normalized spacial score (nSPS) is 15.1. The Morgan fingerprint density at radius 3 is 2.65 bits per heavy atom. The van der Waals surface area contributed by atoms with Crippen molar-refractivity contribution in [2.45, 2.75) is 32.1 Å². The number of nitrogens with zero attached hydrogens (tertiary/aromatic N) is 2. The summed E-state index contributed by atoms with van der Waals surface area (Å²) in [4.78, 5) is 13.9. The number of aromatic nitrogens is 2. The van der Waals surface area contributed by atoms with E-state index < -0.39 is 0 Å². The molecular weight excluding hydrogens is 342 g/mol. The van der Waals surface area contributed by atoms with E-state index in [0.717, 1.165) is 22.8 Å².